The highest BCUT2D eigenvalue weighted by atomic mass is 35.5. The van der Waals surface area contributed by atoms with Crippen LogP contribution in [0.3, 0.4) is 0 Å². The van der Waals surface area contributed by atoms with Crippen molar-refractivity contribution in [3.05, 3.63) is 29.3 Å². The summed E-state index contributed by atoms with van der Waals surface area (Å²) in [6.07, 6.45) is -0.837. The second-order valence-corrected chi connectivity index (χ2v) is 3.04. The van der Waals surface area contributed by atoms with E-state index in [1.807, 2.05) is 0 Å². The van der Waals surface area contributed by atoms with Crippen LogP contribution in [0.2, 0.25) is 5.02 Å². The van der Waals surface area contributed by atoms with Gasteiger partial charge in [0.2, 0.25) is 0 Å². The Balaban J connectivity index is 2.41. The van der Waals surface area contributed by atoms with Gasteiger partial charge in [0.1, 0.15) is 18.5 Å². The van der Waals surface area contributed by atoms with Gasteiger partial charge in [-0.2, -0.15) is 0 Å². The van der Waals surface area contributed by atoms with Gasteiger partial charge in [-0.1, -0.05) is 11.6 Å². The van der Waals surface area contributed by atoms with Crippen molar-refractivity contribution >= 4 is 11.6 Å². The molecule has 3 nitrogen and oxygen atoms in total. The maximum Gasteiger partial charge on any atom is 0.119 e. The molecule has 0 aliphatic rings. The lowest BCUT2D eigenvalue weighted by molar-refractivity contribution is 0.0536. The molecule has 0 radical (unpaired) electrons. The summed E-state index contributed by atoms with van der Waals surface area (Å²) < 4.78 is 5.15. The molecule has 0 bridgehead atoms. The second kappa shape index (κ2) is 5.07. The molecule has 0 aromatic heterocycles. The first kappa shape index (κ1) is 10.3. The minimum atomic E-state index is -0.837. The van der Waals surface area contributed by atoms with Crippen LogP contribution in [0.25, 0.3) is 0 Å². The zero-order valence-corrected chi connectivity index (χ0v) is 7.74. The van der Waals surface area contributed by atoms with Crippen molar-refractivity contribution in [1.29, 1.82) is 0 Å². The third kappa shape index (κ3) is 3.63. The number of aliphatic hydroxyl groups excluding tert-OH is 2. The van der Waals surface area contributed by atoms with Gasteiger partial charge >= 0.3 is 0 Å². The van der Waals surface area contributed by atoms with Crippen molar-refractivity contribution < 1.29 is 14.9 Å². The molecule has 0 aliphatic carbocycles. The molecule has 1 aromatic carbocycles. The zero-order chi connectivity index (χ0) is 9.68. The van der Waals surface area contributed by atoms with E-state index in [9.17, 15) is 0 Å². The maximum absolute atomic E-state index is 8.97. The summed E-state index contributed by atoms with van der Waals surface area (Å²) in [5, 5.41) is 18.1. The van der Waals surface area contributed by atoms with E-state index in [0.29, 0.717) is 10.8 Å². The summed E-state index contributed by atoms with van der Waals surface area (Å²) in [6, 6.07) is 6.79. The molecule has 0 saturated carbocycles. The summed E-state index contributed by atoms with van der Waals surface area (Å²) >= 11 is 5.66. The van der Waals surface area contributed by atoms with Gasteiger partial charge in [-0.3, -0.25) is 0 Å². The zero-order valence-electron chi connectivity index (χ0n) is 6.98. The minimum absolute atomic E-state index is 0.0815. The van der Waals surface area contributed by atoms with E-state index in [-0.39, 0.29) is 13.2 Å². The number of hydrogen-bond donors (Lipinski definition) is 2. The molecule has 0 unspecified atom stereocenters. The Kier molecular flexibility index (Phi) is 4.02. The lowest BCUT2D eigenvalue weighted by atomic mass is 10.3. The molecule has 0 heterocycles. The second-order valence-electron chi connectivity index (χ2n) is 2.60. The van der Waals surface area contributed by atoms with Gasteiger partial charge in [0, 0.05) is 5.02 Å². The van der Waals surface area contributed by atoms with E-state index in [1.165, 1.54) is 0 Å². The molecule has 4 heteroatoms. The fourth-order valence-corrected chi connectivity index (χ4v) is 0.902. The summed E-state index contributed by atoms with van der Waals surface area (Å²) in [4.78, 5) is 0. The van der Waals surface area contributed by atoms with Crippen molar-refractivity contribution in [3.8, 4) is 5.75 Å². The van der Waals surface area contributed by atoms with E-state index in [1.54, 1.807) is 24.3 Å². The van der Waals surface area contributed by atoms with E-state index < -0.39 is 6.10 Å². The van der Waals surface area contributed by atoms with E-state index in [0.717, 1.165) is 0 Å². The van der Waals surface area contributed by atoms with Crippen LogP contribution in [0.4, 0.5) is 0 Å². The smallest absolute Gasteiger partial charge is 0.119 e. The average Bonchev–Trinajstić information content (AvgIpc) is 2.16. The van der Waals surface area contributed by atoms with Crippen molar-refractivity contribution in [2.45, 2.75) is 6.10 Å². The largest absolute Gasteiger partial charge is 0.491 e. The SMILES string of the molecule is OC[C@H](O)COc1ccc(Cl)cc1. The van der Waals surface area contributed by atoms with E-state index in [2.05, 4.69) is 0 Å². The van der Waals surface area contributed by atoms with Crippen molar-refractivity contribution in [3.63, 3.8) is 0 Å². The van der Waals surface area contributed by atoms with Gasteiger partial charge in [-0.15, -0.1) is 0 Å². The van der Waals surface area contributed by atoms with Crippen LogP contribution in [-0.2, 0) is 0 Å². The first-order chi connectivity index (χ1) is 6.22. The van der Waals surface area contributed by atoms with Crippen LogP contribution in [-0.4, -0.2) is 29.5 Å². The van der Waals surface area contributed by atoms with E-state index in [4.69, 9.17) is 26.6 Å². The van der Waals surface area contributed by atoms with Crippen LogP contribution in [0.5, 0.6) is 5.75 Å². The molecule has 0 spiro atoms. The molecule has 2 N–H and O–H groups in total. The molecule has 13 heavy (non-hydrogen) atoms. The Morgan fingerprint density at radius 1 is 1.31 bits per heavy atom. The number of aliphatic hydroxyl groups is 2. The number of ether oxygens (including phenoxy) is 1. The van der Waals surface area contributed by atoms with Gasteiger partial charge in [0.25, 0.3) is 0 Å². The summed E-state index contributed by atoms with van der Waals surface area (Å²) in [5.74, 6) is 0.622. The van der Waals surface area contributed by atoms with Gasteiger partial charge in [0.15, 0.2) is 0 Å². The molecule has 72 valence electrons. The van der Waals surface area contributed by atoms with E-state index >= 15 is 0 Å². The lowest BCUT2D eigenvalue weighted by Crippen LogP contribution is -2.21. The van der Waals surface area contributed by atoms with Crippen LogP contribution in [0.15, 0.2) is 24.3 Å². The summed E-state index contributed by atoms with van der Waals surface area (Å²) in [5.41, 5.74) is 0. The quantitative estimate of drug-likeness (QED) is 0.768. The van der Waals surface area contributed by atoms with Crippen LogP contribution < -0.4 is 4.74 Å². The summed E-state index contributed by atoms with van der Waals surface area (Å²) in [6.45, 7) is -0.217. The first-order valence-corrected chi connectivity index (χ1v) is 4.27. The highest BCUT2D eigenvalue weighted by Gasteiger charge is 2.02. The highest BCUT2D eigenvalue weighted by Crippen LogP contribution is 2.15. The fourth-order valence-electron chi connectivity index (χ4n) is 0.776. The Morgan fingerprint density at radius 3 is 2.46 bits per heavy atom. The Bertz CT molecular complexity index is 248. The Hall–Kier alpha value is -0.770. The lowest BCUT2D eigenvalue weighted by Gasteiger charge is -2.09. The van der Waals surface area contributed by atoms with Gasteiger partial charge in [0.05, 0.1) is 6.61 Å². The average molecular weight is 203 g/mol. The van der Waals surface area contributed by atoms with Gasteiger partial charge in [-0.05, 0) is 24.3 Å². The third-order valence-electron chi connectivity index (χ3n) is 1.47. The topological polar surface area (TPSA) is 49.7 Å². The number of halogens is 1. The van der Waals surface area contributed by atoms with Crippen LogP contribution in [0.1, 0.15) is 0 Å². The molecule has 1 aromatic rings. The molecular weight excluding hydrogens is 192 g/mol. The number of hydrogen-bond acceptors (Lipinski definition) is 3. The van der Waals surface area contributed by atoms with Crippen molar-refractivity contribution in [2.75, 3.05) is 13.2 Å². The molecule has 0 saturated heterocycles. The minimum Gasteiger partial charge on any atom is -0.491 e. The molecule has 1 atom stereocenters. The molecule has 1 rings (SSSR count). The first-order valence-electron chi connectivity index (χ1n) is 3.89. The predicted molar refractivity (Wildman–Crippen MR) is 50.0 cm³/mol. The van der Waals surface area contributed by atoms with Crippen molar-refractivity contribution in [1.82, 2.24) is 0 Å². The number of benzene rings is 1. The van der Waals surface area contributed by atoms with Crippen LogP contribution >= 0.6 is 11.6 Å². The standard InChI is InChI=1S/C9H11ClO3/c10-7-1-3-9(4-2-7)13-6-8(12)5-11/h1-4,8,11-12H,5-6H2/t8-/m0/s1. The third-order valence-corrected chi connectivity index (χ3v) is 1.72. The molecule has 0 aliphatic heterocycles. The fraction of sp³-hybridized carbons (Fsp3) is 0.333. The Labute approximate surface area is 81.5 Å². The molecule has 0 fully saturated rings. The van der Waals surface area contributed by atoms with Crippen molar-refractivity contribution in [2.24, 2.45) is 0 Å². The highest BCUT2D eigenvalue weighted by molar-refractivity contribution is 6.30. The number of rotatable bonds is 4. The molecule has 0 amide bonds. The summed E-state index contributed by atoms with van der Waals surface area (Å²) in [7, 11) is 0. The van der Waals surface area contributed by atoms with Gasteiger partial charge < -0.3 is 14.9 Å². The normalized spacial score (nSPS) is 12.5. The maximum atomic E-state index is 8.97. The molecular formula is C9H11ClO3. The monoisotopic (exact) mass is 202 g/mol. The predicted octanol–water partition coefficient (Wildman–Crippen LogP) is 1.07. The Morgan fingerprint density at radius 2 is 1.92 bits per heavy atom. The van der Waals surface area contributed by atoms with Gasteiger partial charge in [-0.25, -0.2) is 0 Å². The van der Waals surface area contributed by atoms with Crippen LogP contribution in [0, 0.1) is 0 Å².